The maximum absolute atomic E-state index is 5.86. The normalized spacial score (nSPS) is 10.6. The first kappa shape index (κ1) is 7.91. The van der Waals surface area contributed by atoms with Crippen molar-refractivity contribution in [3.63, 3.8) is 0 Å². The van der Waals surface area contributed by atoms with Crippen LogP contribution in [0.4, 0.5) is 5.69 Å². The lowest BCUT2D eigenvalue weighted by Gasteiger charge is -2.03. The van der Waals surface area contributed by atoms with Crippen LogP contribution in [-0.4, -0.2) is 16.9 Å². The van der Waals surface area contributed by atoms with Crippen molar-refractivity contribution < 1.29 is 4.74 Å². The molecule has 4 nitrogen and oxygen atoms in total. The van der Waals surface area contributed by atoms with Gasteiger partial charge in [0.1, 0.15) is 5.75 Å². The van der Waals surface area contributed by atoms with Gasteiger partial charge in [-0.2, -0.15) is 5.10 Å². The molecule has 0 unspecified atom stereocenters. The van der Waals surface area contributed by atoms with Gasteiger partial charge in [-0.25, -0.2) is 0 Å². The number of ether oxygens (including phenoxy) is 1. The molecule has 0 radical (unpaired) electrons. The standard InChI is InChI=1S/C9H11N3O/c1-12-5-6-7(11-12)3-4-8(13-2)9(6)10/h3-5H,10H2,1-2H3. The SMILES string of the molecule is COc1ccc2nn(C)cc2c1N. The highest BCUT2D eigenvalue weighted by atomic mass is 16.5. The van der Waals surface area contributed by atoms with E-state index in [1.165, 1.54) is 0 Å². The van der Waals surface area contributed by atoms with Gasteiger partial charge in [0.15, 0.2) is 0 Å². The molecule has 0 bridgehead atoms. The molecule has 1 heterocycles. The van der Waals surface area contributed by atoms with Crippen LogP contribution in [0.1, 0.15) is 0 Å². The van der Waals surface area contributed by atoms with Crippen LogP contribution in [0.3, 0.4) is 0 Å². The molecule has 0 aliphatic rings. The summed E-state index contributed by atoms with van der Waals surface area (Å²) in [5.74, 6) is 0.695. The predicted molar refractivity (Wildman–Crippen MR) is 51.7 cm³/mol. The Hall–Kier alpha value is -1.71. The fourth-order valence-electron chi connectivity index (χ4n) is 1.39. The number of nitrogens with zero attached hydrogens (tertiary/aromatic N) is 2. The number of rotatable bonds is 1. The maximum atomic E-state index is 5.86. The summed E-state index contributed by atoms with van der Waals surface area (Å²) in [7, 11) is 3.47. The fourth-order valence-corrected chi connectivity index (χ4v) is 1.39. The first-order chi connectivity index (χ1) is 6.22. The van der Waals surface area contributed by atoms with Crippen molar-refractivity contribution in [3.05, 3.63) is 18.3 Å². The summed E-state index contributed by atoms with van der Waals surface area (Å²) in [4.78, 5) is 0. The van der Waals surface area contributed by atoms with E-state index in [1.807, 2.05) is 25.4 Å². The Morgan fingerprint density at radius 1 is 1.46 bits per heavy atom. The molecule has 4 heteroatoms. The molecule has 2 rings (SSSR count). The van der Waals surface area contributed by atoms with Crippen molar-refractivity contribution >= 4 is 16.6 Å². The Kier molecular flexibility index (Phi) is 1.62. The van der Waals surface area contributed by atoms with Gasteiger partial charge in [-0.05, 0) is 12.1 Å². The number of fused-ring (bicyclic) bond motifs is 1. The van der Waals surface area contributed by atoms with Crippen LogP contribution in [0.15, 0.2) is 18.3 Å². The number of nitrogen functional groups attached to an aromatic ring is 1. The highest BCUT2D eigenvalue weighted by Crippen LogP contribution is 2.29. The highest BCUT2D eigenvalue weighted by Gasteiger charge is 2.06. The van der Waals surface area contributed by atoms with Crippen LogP contribution in [-0.2, 0) is 7.05 Å². The zero-order valence-corrected chi connectivity index (χ0v) is 7.61. The van der Waals surface area contributed by atoms with E-state index in [9.17, 15) is 0 Å². The van der Waals surface area contributed by atoms with Crippen molar-refractivity contribution in [1.82, 2.24) is 9.78 Å². The van der Waals surface area contributed by atoms with Crippen LogP contribution in [0.5, 0.6) is 5.75 Å². The molecule has 2 N–H and O–H groups in total. The van der Waals surface area contributed by atoms with Gasteiger partial charge < -0.3 is 10.5 Å². The summed E-state index contributed by atoms with van der Waals surface area (Å²) in [5, 5.41) is 5.16. The second kappa shape index (κ2) is 2.65. The van der Waals surface area contributed by atoms with E-state index in [2.05, 4.69) is 5.10 Å². The van der Waals surface area contributed by atoms with Gasteiger partial charge in [-0.1, -0.05) is 0 Å². The summed E-state index contributed by atoms with van der Waals surface area (Å²) in [5.41, 5.74) is 7.40. The predicted octanol–water partition coefficient (Wildman–Crippen LogP) is 1.16. The molecule has 2 aromatic rings. The number of aromatic nitrogens is 2. The average Bonchev–Trinajstić information content (AvgIpc) is 2.47. The second-order valence-corrected chi connectivity index (χ2v) is 2.92. The number of benzene rings is 1. The zero-order chi connectivity index (χ0) is 9.42. The topological polar surface area (TPSA) is 53.1 Å². The van der Waals surface area contributed by atoms with Gasteiger partial charge in [0.2, 0.25) is 0 Å². The van der Waals surface area contributed by atoms with Crippen molar-refractivity contribution in [3.8, 4) is 5.75 Å². The quantitative estimate of drug-likeness (QED) is 0.665. The van der Waals surface area contributed by atoms with E-state index in [1.54, 1.807) is 11.8 Å². The van der Waals surface area contributed by atoms with Crippen LogP contribution in [0.25, 0.3) is 10.9 Å². The number of methoxy groups -OCH3 is 1. The molecule has 1 aromatic heterocycles. The smallest absolute Gasteiger partial charge is 0.142 e. The number of nitrogens with two attached hydrogens (primary N) is 1. The third kappa shape index (κ3) is 1.11. The fraction of sp³-hybridized carbons (Fsp3) is 0.222. The summed E-state index contributed by atoms with van der Waals surface area (Å²) in [6.45, 7) is 0. The summed E-state index contributed by atoms with van der Waals surface area (Å²) >= 11 is 0. The van der Waals surface area contributed by atoms with Crippen LogP contribution < -0.4 is 10.5 Å². The van der Waals surface area contributed by atoms with Gasteiger partial charge in [0.25, 0.3) is 0 Å². The number of anilines is 1. The Bertz CT molecular complexity index is 447. The lowest BCUT2D eigenvalue weighted by Crippen LogP contribution is -1.91. The minimum Gasteiger partial charge on any atom is -0.495 e. The van der Waals surface area contributed by atoms with E-state index in [0.717, 1.165) is 10.9 Å². The van der Waals surface area contributed by atoms with E-state index < -0.39 is 0 Å². The third-order valence-electron chi connectivity index (χ3n) is 2.03. The zero-order valence-electron chi connectivity index (χ0n) is 7.61. The summed E-state index contributed by atoms with van der Waals surface area (Å²) < 4.78 is 6.84. The van der Waals surface area contributed by atoms with Crippen LogP contribution in [0.2, 0.25) is 0 Å². The minimum absolute atomic E-state index is 0.646. The molecular weight excluding hydrogens is 166 g/mol. The van der Waals surface area contributed by atoms with Gasteiger partial charge in [0, 0.05) is 18.6 Å². The number of aryl methyl sites for hydroxylation is 1. The largest absolute Gasteiger partial charge is 0.495 e. The Morgan fingerprint density at radius 2 is 2.23 bits per heavy atom. The Balaban J connectivity index is 2.78. The lowest BCUT2D eigenvalue weighted by molar-refractivity contribution is 0.417. The molecule has 1 aromatic carbocycles. The molecule has 0 atom stereocenters. The third-order valence-corrected chi connectivity index (χ3v) is 2.03. The molecule has 0 amide bonds. The van der Waals surface area contributed by atoms with Gasteiger partial charge >= 0.3 is 0 Å². The highest BCUT2D eigenvalue weighted by molar-refractivity contribution is 5.93. The lowest BCUT2D eigenvalue weighted by atomic mass is 10.2. The Labute approximate surface area is 75.9 Å². The van der Waals surface area contributed by atoms with Gasteiger partial charge in [0.05, 0.1) is 18.3 Å². The molecule has 0 aliphatic heterocycles. The first-order valence-electron chi connectivity index (χ1n) is 3.98. The van der Waals surface area contributed by atoms with Crippen LogP contribution in [0, 0.1) is 0 Å². The average molecular weight is 177 g/mol. The van der Waals surface area contributed by atoms with Crippen molar-refractivity contribution in [2.45, 2.75) is 0 Å². The first-order valence-corrected chi connectivity index (χ1v) is 3.98. The molecule has 13 heavy (non-hydrogen) atoms. The Morgan fingerprint density at radius 3 is 2.92 bits per heavy atom. The van der Waals surface area contributed by atoms with Crippen molar-refractivity contribution in [2.75, 3.05) is 12.8 Å². The molecule has 0 saturated carbocycles. The molecule has 0 saturated heterocycles. The van der Waals surface area contributed by atoms with Crippen molar-refractivity contribution in [2.24, 2.45) is 7.05 Å². The van der Waals surface area contributed by atoms with Gasteiger partial charge in [-0.15, -0.1) is 0 Å². The van der Waals surface area contributed by atoms with E-state index in [0.29, 0.717) is 11.4 Å². The second-order valence-electron chi connectivity index (χ2n) is 2.92. The molecular formula is C9H11N3O. The molecule has 0 spiro atoms. The van der Waals surface area contributed by atoms with Crippen molar-refractivity contribution in [1.29, 1.82) is 0 Å². The van der Waals surface area contributed by atoms with Gasteiger partial charge in [-0.3, -0.25) is 4.68 Å². The van der Waals surface area contributed by atoms with E-state index in [4.69, 9.17) is 10.5 Å². The number of hydrogen-bond donors (Lipinski definition) is 1. The molecule has 0 aliphatic carbocycles. The minimum atomic E-state index is 0.646. The van der Waals surface area contributed by atoms with Crippen LogP contribution >= 0.6 is 0 Å². The number of hydrogen-bond acceptors (Lipinski definition) is 3. The van der Waals surface area contributed by atoms with E-state index >= 15 is 0 Å². The summed E-state index contributed by atoms with van der Waals surface area (Å²) in [6.07, 6.45) is 1.88. The molecule has 0 fully saturated rings. The van der Waals surface area contributed by atoms with E-state index in [-0.39, 0.29) is 0 Å². The maximum Gasteiger partial charge on any atom is 0.142 e. The summed E-state index contributed by atoms with van der Waals surface area (Å²) in [6, 6.07) is 3.72. The monoisotopic (exact) mass is 177 g/mol. The molecule has 68 valence electrons.